The summed E-state index contributed by atoms with van der Waals surface area (Å²) in [6, 6.07) is 17.9. The molecular weight excluding hydrogens is 373 g/mol. The van der Waals surface area contributed by atoms with Gasteiger partial charge in [-0.25, -0.2) is 4.98 Å². The second-order valence-electron chi connectivity index (χ2n) is 4.90. The molecule has 104 valence electrons. The Kier molecular flexibility index (Phi) is 3.96. The first-order valence-corrected chi connectivity index (χ1v) is 7.75. The number of hydrogen-bond acceptors (Lipinski definition) is 3. The minimum atomic E-state index is -0.469. The third kappa shape index (κ3) is 2.68. The van der Waals surface area contributed by atoms with Gasteiger partial charge in [-0.2, -0.15) is 0 Å². The fourth-order valence-electron chi connectivity index (χ4n) is 2.40. The maximum absolute atomic E-state index is 4.70. The van der Waals surface area contributed by atoms with E-state index in [1.165, 1.54) is 0 Å². The predicted molar refractivity (Wildman–Crippen MR) is 91.0 cm³/mol. The van der Waals surface area contributed by atoms with Crippen molar-refractivity contribution in [2.45, 2.75) is 12.3 Å². The molecule has 21 heavy (non-hydrogen) atoms. The molecule has 3 heterocycles. The molecule has 0 saturated carbocycles. The van der Waals surface area contributed by atoms with Crippen molar-refractivity contribution in [2.75, 3.05) is 0 Å². The highest BCUT2D eigenvalue weighted by atomic mass is 127. The lowest BCUT2D eigenvalue weighted by atomic mass is 9.79. The molecule has 4 heteroatoms. The van der Waals surface area contributed by atoms with Crippen molar-refractivity contribution in [1.29, 1.82) is 0 Å². The van der Waals surface area contributed by atoms with Gasteiger partial charge in [0.15, 0.2) is 0 Å². The van der Waals surface area contributed by atoms with Crippen LogP contribution in [0.3, 0.4) is 0 Å². The monoisotopic (exact) mass is 387 g/mol. The zero-order chi connectivity index (χ0) is 14.7. The molecule has 0 radical (unpaired) electrons. The third-order valence-electron chi connectivity index (χ3n) is 3.58. The summed E-state index contributed by atoms with van der Waals surface area (Å²) in [7, 11) is 0. The summed E-state index contributed by atoms with van der Waals surface area (Å²) in [4.78, 5) is 13.8. The van der Waals surface area contributed by atoms with Gasteiger partial charge in [-0.05, 0) is 65.9 Å². The number of halogens is 1. The average molecular weight is 387 g/mol. The number of aromatic nitrogens is 3. The second kappa shape index (κ2) is 5.89. The minimum Gasteiger partial charge on any atom is -0.260 e. The van der Waals surface area contributed by atoms with Gasteiger partial charge < -0.3 is 0 Å². The van der Waals surface area contributed by atoms with Gasteiger partial charge in [-0.15, -0.1) is 0 Å². The fourth-order valence-corrected chi connectivity index (χ4v) is 2.86. The Hall–Kier alpha value is -1.82. The van der Waals surface area contributed by atoms with Crippen molar-refractivity contribution < 1.29 is 0 Å². The molecule has 0 unspecified atom stereocenters. The maximum Gasteiger partial charge on any atom is 0.101 e. The lowest BCUT2D eigenvalue weighted by Gasteiger charge is -2.28. The van der Waals surface area contributed by atoms with Crippen LogP contribution in [0.4, 0.5) is 0 Å². The maximum atomic E-state index is 4.70. The van der Waals surface area contributed by atoms with Crippen LogP contribution < -0.4 is 0 Å². The van der Waals surface area contributed by atoms with Gasteiger partial charge in [0.1, 0.15) is 3.70 Å². The summed E-state index contributed by atoms with van der Waals surface area (Å²) < 4.78 is 0.961. The van der Waals surface area contributed by atoms with Crippen LogP contribution in [0.1, 0.15) is 24.0 Å². The first kappa shape index (κ1) is 14.1. The van der Waals surface area contributed by atoms with Crippen molar-refractivity contribution in [2.24, 2.45) is 0 Å². The molecule has 0 aliphatic carbocycles. The Balaban J connectivity index is 2.25. The molecule has 3 nitrogen and oxygen atoms in total. The lowest BCUT2D eigenvalue weighted by molar-refractivity contribution is 0.618. The Morgan fingerprint density at radius 1 is 0.762 bits per heavy atom. The second-order valence-corrected chi connectivity index (χ2v) is 6.01. The molecule has 0 amide bonds. The van der Waals surface area contributed by atoms with Crippen LogP contribution in [0.15, 0.2) is 67.0 Å². The molecule has 0 aromatic carbocycles. The zero-order valence-electron chi connectivity index (χ0n) is 11.6. The van der Waals surface area contributed by atoms with E-state index in [1.807, 2.05) is 67.0 Å². The summed E-state index contributed by atoms with van der Waals surface area (Å²) >= 11 is 2.23. The SMILES string of the molecule is CC(c1ccccn1)(c1ccccn1)c1cccc(I)n1. The van der Waals surface area contributed by atoms with Crippen LogP contribution in [0.5, 0.6) is 0 Å². The highest BCUT2D eigenvalue weighted by Gasteiger charge is 2.35. The molecule has 0 N–H and O–H groups in total. The zero-order valence-corrected chi connectivity index (χ0v) is 13.7. The summed E-state index contributed by atoms with van der Waals surface area (Å²) in [5, 5.41) is 0. The predicted octanol–water partition coefficient (Wildman–Crippen LogP) is 3.83. The van der Waals surface area contributed by atoms with Gasteiger partial charge in [0.2, 0.25) is 0 Å². The van der Waals surface area contributed by atoms with Crippen molar-refractivity contribution in [1.82, 2.24) is 15.0 Å². The number of rotatable bonds is 3. The molecule has 0 fully saturated rings. The normalized spacial score (nSPS) is 11.3. The van der Waals surface area contributed by atoms with E-state index >= 15 is 0 Å². The van der Waals surface area contributed by atoms with Gasteiger partial charge in [0, 0.05) is 12.4 Å². The lowest BCUT2D eigenvalue weighted by Crippen LogP contribution is -2.29. The number of nitrogens with zero attached hydrogens (tertiary/aromatic N) is 3. The van der Waals surface area contributed by atoms with Crippen molar-refractivity contribution in [3.05, 3.63) is 87.8 Å². The minimum absolute atomic E-state index is 0.469. The Bertz CT molecular complexity index is 690. The molecule has 0 atom stereocenters. The number of pyridine rings is 3. The molecule has 0 spiro atoms. The Labute approximate surface area is 137 Å². The topological polar surface area (TPSA) is 38.7 Å². The van der Waals surface area contributed by atoms with Crippen molar-refractivity contribution in [3.63, 3.8) is 0 Å². The molecule has 3 aromatic rings. The fraction of sp³-hybridized carbons (Fsp3) is 0.118. The van der Waals surface area contributed by atoms with E-state index in [4.69, 9.17) is 4.98 Å². The van der Waals surface area contributed by atoms with E-state index in [2.05, 4.69) is 39.5 Å². The van der Waals surface area contributed by atoms with Crippen LogP contribution in [0.25, 0.3) is 0 Å². The van der Waals surface area contributed by atoms with Gasteiger partial charge in [-0.1, -0.05) is 18.2 Å². The Morgan fingerprint density at radius 3 is 1.81 bits per heavy atom. The van der Waals surface area contributed by atoms with E-state index < -0.39 is 5.41 Å². The first-order chi connectivity index (χ1) is 10.2. The highest BCUT2D eigenvalue weighted by molar-refractivity contribution is 14.1. The number of hydrogen-bond donors (Lipinski definition) is 0. The van der Waals surface area contributed by atoms with Crippen LogP contribution >= 0.6 is 22.6 Å². The smallest absolute Gasteiger partial charge is 0.101 e. The molecule has 0 aliphatic heterocycles. The summed E-state index contributed by atoms with van der Waals surface area (Å²) in [6.45, 7) is 2.12. The molecule has 0 aliphatic rings. The van der Waals surface area contributed by atoms with Crippen molar-refractivity contribution >= 4 is 22.6 Å². The van der Waals surface area contributed by atoms with Gasteiger partial charge in [0.25, 0.3) is 0 Å². The molecule has 3 rings (SSSR count). The molecule has 0 bridgehead atoms. The van der Waals surface area contributed by atoms with Crippen LogP contribution in [0, 0.1) is 3.70 Å². The van der Waals surface area contributed by atoms with Gasteiger partial charge in [-0.3, -0.25) is 9.97 Å². The highest BCUT2D eigenvalue weighted by Crippen LogP contribution is 2.35. The average Bonchev–Trinajstić information content (AvgIpc) is 2.56. The Morgan fingerprint density at radius 2 is 1.33 bits per heavy atom. The molecule has 0 saturated heterocycles. The van der Waals surface area contributed by atoms with E-state index in [0.717, 1.165) is 20.8 Å². The van der Waals surface area contributed by atoms with Gasteiger partial charge >= 0.3 is 0 Å². The summed E-state index contributed by atoms with van der Waals surface area (Å²) in [5.41, 5.74) is 2.37. The van der Waals surface area contributed by atoms with E-state index in [0.29, 0.717) is 0 Å². The van der Waals surface area contributed by atoms with Gasteiger partial charge in [0.05, 0.1) is 22.5 Å². The molecular formula is C17H14IN3. The van der Waals surface area contributed by atoms with Crippen molar-refractivity contribution in [3.8, 4) is 0 Å². The summed E-state index contributed by atoms with van der Waals surface area (Å²) in [5.74, 6) is 0. The first-order valence-electron chi connectivity index (χ1n) is 6.67. The quantitative estimate of drug-likeness (QED) is 0.507. The van der Waals surface area contributed by atoms with E-state index in [1.54, 1.807) is 0 Å². The van der Waals surface area contributed by atoms with Crippen LogP contribution in [-0.2, 0) is 5.41 Å². The molecule has 3 aromatic heterocycles. The summed E-state index contributed by atoms with van der Waals surface area (Å²) in [6.07, 6.45) is 3.62. The standard InChI is InChI=1S/C17H14IN3/c1-17(13-7-2-4-11-19-13,14-8-3-5-12-20-14)15-9-6-10-16(18)21-15/h2-12H,1H3. The largest absolute Gasteiger partial charge is 0.260 e. The van der Waals surface area contributed by atoms with E-state index in [9.17, 15) is 0 Å². The third-order valence-corrected chi connectivity index (χ3v) is 4.18. The van der Waals surface area contributed by atoms with E-state index in [-0.39, 0.29) is 0 Å². The van der Waals surface area contributed by atoms with Crippen LogP contribution in [0.2, 0.25) is 0 Å². The van der Waals surface area contributed by atoms with Crippen LogP contribution in [-0.4, -0.2) is 15.0 Å².